The van der Waals surface area contributed by atoms with Crippen LogP contribution in [0.1, 0.15) is 15.9 Å². The van der Waals surface area contributed by atoms with Crippen molar-refractivity contribution in [2.24, 2.45) is 0 Å². The number of carboxylic acid groups (broad SMARTS) is 1. The van der Waals surface area contributed by atoms with Crippen molar-refractivity contribution < 1.29 is 19.0 Å². The second kappa shape index (κ2) is 5.71. The Bertz CT molecular complexity index is 613. The molecule has 0 fully saturated rings. The molecule has 2 rings (SSSR count). The summed E-state index contributed by atoms with van der Waals surface area (Å²) in [5, 5.41) is 9.35. The maximum Gasteiger partial charge on any atom is 0.339 e. The van der Waals surface area contributed by atoms with Gasteiger partial charge in [0.25, 0.3) is 0 Å². The van der Waals surface area contributed by atoms with Gasteiger partial charge in [-0.15, -0.1) is 0 Å². The summed E-state index contributed by atoms with van der Waals surface area (Å²) < 4.78 is 18.4. The van der Waals surface area contributed by atoms with Crippen molar-refractivity contribution in [2.45, 2.75) is 6.61 Å². The van der Waals surface area contributed by atoms with E-state index in [9.17, 15) is 9.18 Å². The highest BCUT2D eigenvalue weighted by Crippen LogP contribution is 2.23. The molecule has 2 aromatic carbocycles. The van der Waals surface area contributed by atoms with E-state index in [1.165, 1.54) is 30.3 Å². The summed E-state index contributed by atoms with van der Waals surface area (Å²) in [6, 6.07) is 10.2. The van der Waals surface area contributed by atoms with E-state index in [0.717, 1.165) is 0 Å². The molecule has 5 heteroatoms. The first-order chi connectivity index (χ1) is 9.06. The van der Waals surface area contributed by atoms with Crippen molar-refractivity contribution in [3.63, 3.8) is 0 Å². The first-order valence-corrected chi connectivity index (χ1v) is 5.84. The molecular weight excluding hydrogens is 271 g/mol. The zero-order valence-electron chi connectivity index (χ0n) is 9.77. The fourth-order valence-corrected chi connectivity index (χ4v) is 1.76. The van der Waals surface area contributed by atoms with Gasteiger partial charge in [-0.1, -0.05) is 23.7 Å². The molecule has 2 aromatic rings. The van der Waals surface area contributed by atoms with E-state index in [0.29, 0.717) is 10.6 Å². The molecule has 0 saturated carbocycles. The third kappa shape index (κ3) is 3.45. The lowest BCUT2D eigenvalue weighted by atomic mass is 10.2. The number of halogens is 2. The third-order valence-electron chi connectivity index (χ3n) is 2.46. The fourth-order valence-electron chi connectivity index (χ4n) is 1.58. The van der Waals surface area contributed by atoms with Crippen LogP contribution in [0.2, 0.25) is 5.02 Å². The maximum absolute atomic E-state index is 13.0. The van der Waals surface area contributed by atoms with Crippen LogP contribution in [0.5, 0.6) is 5.75 Å². The Morgan fingerprint density at radius 1 is 1.26 bits per heavy atom. The van der Waals surface area contributed by atoms with Crippen LogP contribution in [-0.2, 0) is 6.61 Å². The highest BCUT2D eigenvalue weighted by Gasteiger charge is 2.12. The van der Waals surface area contributed by atoms with Gasteiger partial charge in [-0.25, -0.2) is 9.18 Å². The van der Waals surface area contributed by atoms with Crippen LogP contribution >= 0.6 is 11.6 Å². The molecule has 1 N–H and O–H groups in total. The van der Waals surface area contributed by atoms with Gasteiger partial charge in [0.15, 0.2) is 0 Å². The summed E-state index contributed by atoms with van der Waals surface area (Å²) in [4.78, 5) is 11.0. The molecule has 0 spiro atoms. The third-order valence-corrected chi connectivity index (χ3v) is 2.69. The number of benzene rings is 2. The molecule has 0 aliphatic heterocycles. The van der Waals surface area contributed by atoms with Gasteiger partial charge in [-0.3, -0.25) is 0 Å². The molecule has 0 unspecified atom stereocenters. The summed E-state index contributed by atoms with van der Waals surface area (Å²) in [6.45, 7) is 0.0830. The maximum atomic E-state index is 13.0. The Hall–Kier alpha value is -2.07. The molecule has 0 bridgehead atoms. The zero-order valence-corrected chi connectivity index (χ0v) is 10.5. The van der Waals surface area contributed by atoms with Crippen molar-refractivity contribution in [1.82, 2.24) is 0 Å². The minimum absolute atomic E-state index is 0.0242. The molecule has 0 amide bonds. The smallest absolute Gasteiger partial charge is 0.339 e. The molecule has 0 aromatic heterocycles. The second-order valence-electron chi connectivity index (χ2n) is 3.86. The molecule has 0 atom stereocenters. The average Bonchev–Trinajstić information content (AvgIpc) is 2.37. The molecule has 0 radical (unpaired) electrons. The number of hydrogen-bond donors (Lipinski definition) is 1. The number of carboxylic acids is 1. The van der Waals surface area contributed by atoms with Crippen molar-refractivity contribution in [3.05, 3.63) is 64.4 Å². The quantitative estimate of drug-likeness (QED) is 0.927. The summed E-state index contributed by atoms with van der Waals surface area (Å²) >= 11 is 5.73. The van der Waals surface area contributed by atoms with Gasteiger partial charge >= 0.3 is 5.97 Å². The summed E-state index contributed by atoms with van der Waals surface area (Å²) in [5.74, 6) is -1.30. The average molecular weight is 281 g/mol. The highest BCUT2D eigenvalue weighted by atomic mass is 35.5. The Morgan fingerprint density at radius 2 is 2.05 bits per heavy atom. The monoisotopic (exact) mass is 280 g/mol. The van der Waals surface area contributed by atoms with Gasteiger partial charge in [0, 0.05) is 5.02 Å². The van der Waals surface area contributed by atoms with E-state index in [2.05, 4.69) is 0 Å². The molecule has 0 saturated heterocycles. The van der Waals surface area contributed by atoms with E-state index < -0.39 is 5.97 Å². The van der Waals surface area contributed by atoms with Crippen LogP contribution in [0.4, 0.5) is 4.39 Å². The molecule has 19 heavy (non-hydrogen) atoms. The van der Waals surface area contributed by atoms with Gasteiger partial charge in [0.1, 0.15) is 23.7 Å². The Kier molecular flexibility index (Phi) is 4.02. The second-order valence-corrected chi connectivity index (χ2v) is 4.30. The highest BCUT2D eigenvalue weighted by molar-refractivity contribution is 6.31. The van der Waals surface area contributed by atoms with Gasteiger partial charge in [-0.2, -0.15) is 0 Å². The number of carbonyl (C=O) groups is 1. The number of aromatic carboxylic acids is 1. The van der Waals surface area contributed by atoms with Crippen molar-refractivity contribution in [3.8, 4) is 5.75 Å². The zero-order chi connectivity index (χ0) is 13.8. The first-order valence-electron chi connectivity index (χ1n) is 5.46. The van der Waals surface area contributed by atoms with Crippen molar-refractivity contribution >= 4 is 17.6 Å². The van der Waals surface area contributed by atoms with E-state index in [4.69, 9.17) is 21.4 Å². The predicted octanol–water partition coefficient (Wildman–Crippen LogP) is 3.76. The summed E-state index contributed by atoms with van der Waals surface area (Å²) in [6.07, 6.45) is 0. The lowest BCUT2D eigenvalue weighted by Crippen LogP contribution is -2.03. The summed E-state index contributed by atoms with van der Waals surface area (Å²) in [7, 11) is 0. The first kappa shape index (κ1) is 13.4. The molecule has 3 nitrogen and oxygen atoms in total. The summed E-state index contributed by atoms with van der Waals surface area (Å²) in [5.41, 5.74) is 0.593. The largest absolute Gasteiger partial charge is 0.488 e. The fraction of sp³-hybridized carbons (Fsp3) is 0.0714. The Balaban J connectivity index is 2.17. The topological polar surface area (TPSA) is 46.5 Å². The standard InChI is InChI=1S/C14H10ClFO3/c15-10-4-5-13(12(7-10)14(17)18)19-8-9-2-1-3-11(16)6-9/h1-7H,8H2,(H,17,18). The molecule has 0 heterocycles. The minimum atomic E-state index is -1.13. The van der Waals surface area contributed by atoms with Crippen LogP contribution in [0.15, 0.2) is 42.5 Å². The number of ether oxygens (including phenoxy) is 1. The Morgan fingerprint density at radius 3 is 2.74 bits per heavy atom. The number of rotatable bonds is 4. The lowest BCUT2D eigenvalue weighted by Gasteiger charge is -2.09. The van der Waals surface area contributed by atoms with E-state index in [-0.39, 0.29) is 23.7 Å². The Labute approximate surface area is 114 Å². The van der Waals surface area contributed by atoms with Crippen LogP contribution in [0.25, 0.3) is 0 Å². The van der Waals surface area contributed by atoms with Crippen molar-refractivity contribution in [1.29, 1.82) is 0 Å². The molecular formula is C14H10ClFO3. The predicted molar refractivity (Wildman–Crippen MR) is 69.1 cm³/mol. The molecule has 0 aliphatic carbocycles. The SMILES string of the molecule is O=C(O)c1cc(Cl)ccc1OCc1cccc(F)c1. The molecule has 98 valence electrons. The van der Waals surface area contributed by atoms with Crippen molar-refractivity contribution in [2.75, 3.05) is 0 Å². The minimum Gasteiger partial charge on any atom is -0.488 e. The van der Waals surface area contributed by atoms with E-state index in [1.54, 1.807) is 12.1 Å². The number of hydrogen-bond acceptors (Lipinski definition) is 2. The van der Waals surface area contributed by atoms with Gasteiger partial charge < -0.3 is 9.84 Å². The van der Waals surface area contributed by atoms with E-state index in [1.807, 2.05) is 0 Å². The van der Waals surface area contributed by atoms with Gasteiger partial charge in [-0.05, 0) is 35.9 Å². The van der Waals surface area contributed by atoms with Gasteiger partial charge in [0.05, 0.1) is 0 Å². The van der Waals surface area contributed by atoms with Crippen LogP contribution < -0.4 is 4.74 Å². The lowest BCUT2D eigenvalue weighted by molar-refractivity contribution is 0.0691. The molecule has 0 aliphatic rings. The van der Waals surface area contributed by atoms with Crippen LogP contribution in [0, 0.1) is 5.82 Å². The van der Waals surface area contributed by atoms with Gasteiger partial charge in [0.2, 0.25) is 0 Å². The normalized spacial score (nSPS) is 10.2. The van der Waals surface area contributed by atoms with Crippen LogP contribution in [-0.4, -0.2) is 11.1 Å². The van der Waals surface area contributed by atoms with E-state index >= 15 is 0 Å². The van der Waals surface area contributed by atoms with Crippen LogP contribution in [0.3, 0.4) is 0 Å².